The van der Waals surface area contributed by atoms with Crippen LogP contribution >= 0.6 is 0 Å². The largest absolute Gasteiger partial charge is 0.494 e. The Bertz CT molecular complexity index is 661. The lowest BCUT2D eigenvalue weighted by Gasteiger charge is -2.34. The number of carboxylic acid groups (broad SMARTS) is 1. The molecule has 1 saturated heterocycles. The lowest BCUT2D eigenvalue weighted by molar-refractivity contribution is -0.385. The fourth-order valence-corrected chi connectivity index (χ4v) is 2.53. The van der Waals surface area contributed by atoms with Crippen molar-refractivity contribution in [3.63, 3.8) is 0 Å². The average molecular weight is 338 g/mol. The minimum Gasteiger partial charge on any atom is -0.494 e. The standard InChI is InChI=1S/C15H18N2O7/c1-3-23-10-4-5-12(17(21)22)11(6-10)14(18)16-7-9(2)24-13(8-16)15(19)20/h4-6,9,13H,3,7-8H2,1-2H3,(H,19,20)/t9-,13?/m1/s1. The van der Waals surface area contributed by atoms with Crippen LogP contribution in [0.3, 0.4) is 0 Å². The number of hydrogen-bond donors (Lipinski definition) is 1. The zero-order chi connectivity index (χ0) is 17.9. The maximum atomic E-state index is 12.7. The van der Waals surface area contributed by atoms with E-state index in [1.54, 1.807) is 13.8 Å². The van der Waals surface area contributed by atoms with Crippen molar-refractivity contribution in [1.82, 2.24) is 4.90 Å². The highest BCUT2D eigenvalue weighted by Crippen LogP contribution is 2.26. The van der Waals surface area contributed by atoms with Gasteiger partial charge in [0, 0.05) is 12.6 Å². The smallest absolute Gasteiger partial charge is 0.334 e. The van der Waals surface area contributed by atoms with Crippen molar-refractivity contribution in [3.05, 3.63) is 33.9 Å². The Balaban J connectivity index is 2.34. The number of carboxylic acids is 1. The summed E-state index contributed by atoms with van der Waals surface area (Å²) < 4.78 is 10.5. The minimum atomic E-state index is -1.18. The Hall–Kier alpha value is -2.68. The van der Waals surface area contributed by atoms with Gasteiger partial charge in [0.2, 0.25) is 0 Å². The van der Waals surface area contributed by atoms with E-state index in [0.717, 1.165) is 0 Å². The Morgan fingerprint density at radius 3 is 2.75 bits per heavy atom. The molecule has 0 radical (unpaired) electrons. The van der Waals surface area contributed by atoms with Crippen LogP contribution in [0.15, 0.2) is 18.2 Å². The van der Waals surface area contributed by atoms with Crippen LogP contribution in [-0.2, 0) is 9.53 Å². The zero-order valence-electron chi connectivity index (χ0n) is 13.3. The molecule has 1 heterocycles. The minimum absolute atomic E-state index is 0.135. The maximum absolute atomic E-state index is 12.7. The number of morpholine rings is 1. The second-order valence-corrected chi connectivity index (χ2v) is 5.35. The topological polar surface area (TPSA) is 119 Å². The lowest BCUT2D eigenvalue weighted by atomic mass is 10.1. The first-order valence-corrected chi connectivity index (χ1v) is 7.42. The number of carbonyl (C=O) groups is 2. The number of amides is 1. The molecule has 0 aromatic heterocycles. The second kappa shape index (κ2) is 7.26. The van der Waals surface area contributed by atoms with Crippen molar-refractivity contribution < 1.29 is 29.1 Å². The first-order valence-electron chi connectivity index (χ1n) is 7.42. The molecule has 24 heavy (non-hydrogen) atoms. The van der Waals surface area contributed by atoms with Crippen LogP contribution in [0, 0.1) is 10.1 Å². The molecule has 1 amide bonds. The summed E-state index contributed by atoms with van der Waals surface area (Å²) >= 11 is 0. The van der Waals surface area contributed by atoms with Gasteiger partial charge in [-0.3, -0.25) is 14.9 Å². The number of hydrogen-bond acceptors (Lipinski definition) is 6. The van der Waals surface area contributed by atoms with E-state index < -0.39 is 29.0 Å². The van der Waals surface area contributed by atoms with Gasteiger partial charge in [-0.05, 0) is 26.0 Å². The summed E-state index contributed by atoms with van der Waals surface area (Å²) in [4.78, 5) is 35.6. The predicted molar refractivity (Wildman–Crippen MR) is 82.1 cm³/mol. The number of aliphatic carboxylic acids is 1. The van der Waals surface area contributed by atoms with Crippen LogP contribution in [0.2, 0.25) is 0 Å². The van der Waals surface area contributed by atoms with Crippen molar-refractivity contribution >= 4 is 17.6 Å². The fourth-order valence-electron chi connectivity index (χ4n) is 2.53. The highest BCUT2D eigenvalue weighted by Gasteiger charge is 2.35. The van der Waals surface area contributed by atoms with Gasteiger partial charge in [0.05, 0.1) is 24.2 Å². The predicted octanol–water partition coefficient (Wildman–Crippen LogP) is 1.31. The van der Waals surface area contributed by atoms with E-state index >= 15 is 0 Å². The van der Waals surface area contributed by atoms with E-state index in [-0.39, 0.29) is 24.3 Å². The van der Waals surface area contributed by atoms with Gasteiger partial charge in [-0.2, -0.15) is 0 Å². The number of nitro benzene ring substituents is 1. The Kier molecular flexibility index (Phi) is 5.35. The van der Waals surface area contributed by atoms with E-state index in [4.69, 9.17) is 14.6 Å². The summed E-state index contributed by atoms with van der Waals surface area (Å²) in [6.45, 7) is 3.72. The first kappa shape index (κ1) is 17.7. The number of carbonyl (C=O) groups excluding carboxylic acids is 1. The van der Waals surface area contributed by atoms with Crippen LogP contribution in [-0.4, -0.2) is 58.7 Å². The summed E-state index contributed by atoms with van der Waals surface area (Å²) in [5, 5.41) is 20.3. The van der Waals surface area contributed by atoms with E-state index in [1.807, 2.05) is 0 Å². The first-order chi connectivity index (χ1) is 11.3. The molecule has 1 aromatic carbocycles. The van der Waals surface area contributed by atoms with Gasteiger partial charge >= 0.3 is 5.97 Å². The van der Waals surface area contributed by atoms with Gasteiger partial charge in [0.15, 0.2) is 6.10 Å². The molecule has 0 spiro atoms. The zero-order valence-corrected chi connectivity index (χ0v) is 13.3. The molecule has 2 rings (SSSR count). The van der Waals surface area contributed by atoms with E-state index in [2.05, 4.69) is 0 Å². The molecule has 9 nitrogen and oxygen atoms in total. The molecule has 1 aliphatic heterocycles. The molecule has 1 unspecified atom stereocenters. The van der Waals surface area contributed by atoms with Crippen LogP contribution in [0.25, 0.3) is 0 Å². The fraction of sp³-hybridized carbons (Fsp3) is 0.467. The van der Waals surface area contributed by atoms with Crippen molar-refractivity contribution in [2.24, 2.45) is 0 Å². The monoisotopic (exact) mass is 338 g/mol. The molecule has 9 heteroatoms. The summed E-state index contributed by atoms with van der Waals surface area (Å²) in [7, 11) is 0. The van der Waals surface area contributed by atoms with Gasteiger partial charge in [0.25, 0.3) is 11.6 Å². The molecule has 0 bridgehead atoms. The number of rotatable bonds is 5. The number of benzene rings is 1. The van der Waals surface area contributed by atoms with E-state index in [0.29, 0.717) is 12.4 Å². The molecule has 1 aromatic rings. The molecule has 0 saturated carbocycles. The Morgan fingerprint density at radius 2 is 2.17 bits per heavy atom. The number of nitrogens with zero attached hydrogens (tertiary/aromatic N) is 2. The molecule has 1 aliphatic rings. The molecule has 0 aliphatic carbocycles. The van der Waals surface area contributed by atoms with Crippen molar-refractivity contribution in [3.8, 4) is 5.75 Å². The molecule has 130 valence electrons. The van der Waals surface area contributed by atoms with Gasteiger partial charge in [-0.1, -0.05) is 0 Å². The highest BCUT2D eigenvalue weighted by atomic mass is 16.6. The van der Waals surface area contributed by atoms with Gasteiger partial charge < -0.3 is 19.5 Å². The number of nitro groups is 1. The third-order valence-electron chi connectivity index (χ3n) is 3.53. The lowest BCUT2D eigenvalue weighted by Crippen LogP contribution is -2.51. The second-order valence-electron chi connectivity index (χ2n) is 5.35. The Morgan fingerprint density at radius 1 is 1.46 bits per heavy atom. The van der Waals surface area contributed by atoms with Crippen LogP contribution in [0.1, 0.15) is 24.2 Å². The van der Waals surface area contributed by atoms with Crippen molar-refractivity contribution in [1.29, 1.82) is 0 Å². The Labute approximate surface area is 137 Å². The van der Waals surface area contributed by atoms with E-state index in [9.17, 15) is 19.7 Å². The molecular formula is C15H18N2O7. The summed E-state index contributed by atoms with van der Waals surface area (Å²) in [6, 6.07) is 3.93. The summed E-state index contributed by atoms with van der Waals surface area (Å²) in [6.07, 6.45) is -1.65. The average Bonchev–Trinajstić information content (AvgIpc) is 2.53. The van der Waals surface area contributed by atoms with Crippen LogP contribution in [0.4, 0.5) is 5.69 Å². The molecule has 1 fully saturated rings. The quantitative estimate of drug-likeness (QED) is 0.635. The van der Waals surface area contributed by atoms with E-state index in [1.165, 1.54) is 23.1 Å². The third kappa shape index (κ3) is 3.80. The van der Waals surface area contributed by atoms with Gasteiger partial charge in [-0.15, -0.1) is 0 Å². The number of ether oxygens (including phenoxy) is 2. The highest BCUT2D eigenvalue weighted by molar-refractivity contribution is 5.99. The summed E-state index contributed by atoms with van der Waals surface area (Å²) in [5.41, 5.74) is -0.487. The maximum Gasteiger partial charge on any atom is 0.334 e. The van der Waals surface area contributed by atoms with Gasteiger partial charge in [0.1, 0.15) is 11.3 Å². The van der Waals surface area contributed by atoms with Crippen LogP contribution < -0.4 is 4.74 Å². The van der Waals surface area contributed by atoms with Crippen LogP contribution in [0.5, 0.6) is 5.75 Å². The van der Waals surface area contributed by atoms with Gasteiger partial charge in [-0.25, -0.2) is 4.79 Å². The SMILES string of the molecule is CCOc1ccc([N+](=O)[O-])c(C(=O)N2CC(C(=O)O)O[C@H](C)C2)c1. The van der Waals surface area contributed by atoms with Crippen molar-refractivity contribution in [2.75, 3.05) is 19.7 Å². The third-order valence-corrected chi connectivity index (χ3v) is 3.53. The molecule has 2 atom stereocenters. The van der Waals surface area contributed by atoms with Crippen molar-refractivity contribution in [2.45, 2.75) is 26.1 Å². The summed E-state index contributed by atoms with van der Waals surface area (Å²) in [5.74, 6) is -1.47. The molecular weight excluding hydrogens is 320 g/mol. The molecule has 1 N–H and O–H groups in total. The normalized spacial score (nSPS) is 20.5.